The zero-order chi connectivity index (χ0) is 19.9. The van der Waals surface area contributed by atoms with Crippen molar-refractivity contribution in [1.82, 2.24) is 20.1 Å². The molecule has 1 amide bonds. The molecule has 3 aromatic rings. The van der Waals surface area contributed by atoms with E-state index in [0.717, 1.165) is 5.75 Å². The van der Waals surface area contributed by atoms with Crippen molar-refractivity contribution in [1.29, 1.82) is 0 Å². The van der Waals surface area contributed by atoms with Gasteiger partial charge in [0.25, 0.3) is 0 Å². The molecule has 0 bridgehead atoms. The molecule has 7 nitrogen and oxygen atoms in total. The van der Waals surface area contributed by atoms with E-state index in [1.807, 2.05) is 0 Å². The summed E-state index contributed by atoms with van der Waals surface area (Å²) in [5.74, 6) is 1.79. The SMILES string of the molecule is CCC(=O)NCc1nc(COc2ccc(OC)cc2)nn1-c1cccc(F)c1. The molecule has 1 N–H and O–H groups in total. The first-order valence-electron chi connectivity index (χ1n) is 8.83. The van der Waals surface area contributed by atoms with Crippen molar-refractivity contribution in [3.63, 3.8) is 0 Å². The third kappa shape index (κ3) is 4.85. The molecule has 1 aromatic heterocycles. The van der Waals surface area contributed by atoms with Crippen LogP contribution in [0.2, 0.25) is 0 Å². The second-order valence-corrected chi connectivity index (χ2v) is 5.93. The van der Waals surface area contributed by atoms with Crippen molar-refractivity contribution in [2.24, 2.45) is 0 Å². The maximum absolute atomic E-state index is 13.6. The van der Waals surface area contributed by atoms with Gasteiger partial charge in [-0.25, -0.2) is 14.1 Å². The Morgan fingerprint density at radius 2 is 1.93 bits per heavy atom. The molecule has 0 fully saturated rings. The van der Waals surface area contributed by atoms with Crippen LogP contribution >= 0.6 is 0 Å². The van der Waals surface area contributed by atoms with Gasteiger partial charge in [-0.15, -0.1) is 5.10 Å². The minimum atomic E-state index is -0.382. The van der Waals surface area contributed by atoms with Gasteiger partial charge in [-0.05, 0) is 42.5 Å². The molecule has 0 aliphatic heterocycles. The highest BCUT2D eigenvalue weighted by molar-refractivity contribution is 5.75. The lowest BCUT2D eigenvalue weighted by Gasteiger charge is -2.06. The van der Waals surface area contributed by atoms with Crippen LogP contribution in [-0.4, -0.2) is 27.8 Å². The fourth-order valence-electron chi connectivity index (χ4n) is 2.50. The van der Waals surface area contributed by atoms with Crippen LogP contribution in [0.25, 0.3) is 5.69 Å². The maximum Gasteiger partial charge on any atom is 0.220 e. The van der Waals surface area contributed by atoms with E-state index in [-0.39, 0.29) is 24.9 Å². The summed E-state index contributed by atoms with van der Waals surface area (Å²) in [4.78, 5) is 16.0. The topological polar surface area (TPSA) is 78.3 Å². The predicted molar refractivity (Wildman–Crippen MR) is 101 cm³/mol. The Morgan fingerprint density at radius 1 is 1.18 bits per heavy atom. The second kappa shape index (κ2) is 8.98. The third-order valence-electron chi connectivity index (χ3n) is 3.96. The summed E-state index contributed by atoms with van der Waals surface area (Å²) in [7, 11) is 1.59. The number of amides is 1. The average molecular weight is 384 g/mol. The van der Waals surface area contributed by atoms with E-state index >= 15 is 0 Å². The number of carbonyl (C=O) groups excluding carboxylic acids is 1. The highest BCUT2D eigenvalue weighted by Crippen LogP contribution is 2.18. The van der Waals surface area contributed by atoms with Crippen LogP contribution in [-0.2, 0) is 17.9 Å². The standard InChI is InChI=1S/C20H21FN4O3/c1-3-20(26)22-12-19-23-18(13-28-17-9-7-16(27-2)8-10-17)24-25(19)15-6-4-5-14(21)11-15/h4-11H,3,12-13H2,1-2H3,(H,22,26). The zero-order valence-electron chi connectivity index (χ0n) is 15.7. The molecule has 0 aliphatic rings. The molecular weight excluding hydrogens is 363 g/mol. The number of hydrogen-bond donors (Lipinski definition) is 1. The average Bonchev–Trinajstić information content (AvgIpc) is 3.14. The Kier molecular flexibility index (Phi) is 6.21. The first kappa shape index (κ1) is 19.3. The van der Waals surface area contributed by atoms with Crippen LogP contribution < -0.4 is 14.8 Å². The van der Waals surface area contributed by atoms with Crippen molar-refractivity contribution < 1.29 is 18.7 Å². The summed E-state index contributed by atoms with van der Waals surface area (Å²) in [6.07, 6.45) is 0.363. The zero-order valence-corrected chi connectivity index (χ0v) is 15.7. The van der Waals surface area contributed by atoms with Crippen LogP contribution in [0.15, 0.2) is 48.5 Å². The minimum absolute atomic E-state index is 0.107. The van der Waals surface area contributed by atoms with Gasteiger partial charge < -0.3 is 14.8 Å². The number of nitrogens with one attached hydrogen (secondary N) is 1. The van der Waals surface area contributed by atoms with Crippen LogP contribution in [0.3, 0.4) is 0 Å². The van der Waals surface area contributed by atoms with E-state index in [1.54, 1.807) is 50.4 Å². The highest BCUT2D eigenvalue weighted by atomic mass is 19.1. The number of nitrogens with zero attached hydrogens (tertiary/aromatic N) is 3. The number of hydrogen-bond acceptors (Lipinski definition) is 5. The Bertz CT molecular complexity index is 941. The summed E-state index contributed by atoms with van der Waals surface area (Å²) >= 11 is 0. The largest absolute Gasteiger partial charge is 0.497 e. The van der Waals surface area contributed by atoms with Crippen molar-refractivity contribution in [2.75, 3.05) is 7.11 Å². The van der Waals surface area contributed by atoms with E-state index in [2.05, 4.69) is 15.4 Å². The molecule has 0 aliphatic carbocycles. The fraction of sp³-hybridized carbons (Fsp3) is 0.250. The second-order valence-electron chi connectivity index (χ2n) is 5.93. The molecular formula is C20H21FN4O3. The number of methoxy groups -OCH3 is 1. The van der Waals surface area contributed by atoms with E-state index in [9.17, 15) is 9.18 Å². The van der Waals surface area contributed by atoms with Gasteiger partial charge >= 0.3 is 0 Å². The predicted octanol–water partition coefficient (Wildman–Crippen LogP) is 3.02. The van der Waals surface area contributed by atoms with Crippen LogP contribution in [0.4, 0.5) is 4.39 Å². The van der Waals surface area contributed by atoms with Gasteiger partial charge in [0.1, 0.15) is 23.9 Å². The number of halogens is 1. The molecule has 0 unspecified atom stereocenters. The van der Waals surface area contributed by atoms with Crippen molar-refractivity contribution >= 4 is 5.91 Å². The Hall–Kier alpha value is -3.42. The maximum atomic E-state index is 13.6. The van der Waals surface area contributed by atoms with Gasteiger partial charge in [-0.2, -0.15) is 0 Å². The van der Waals surface area contributed by atoms with Gasteiger partial charge in [0.15, 0.2) is 11.6 Å². The lowest BCUT2D eigenvalue weighted by atomic mass is 10.3. The molecule has 28 heavy (non-hydrogen) atoms. The van der Waals surface area contributed by atoms with Gasteiger partial charge in [0.05, 0.1) is 19.3 Å². The summed E-state index contributed by atoms with van der Waals surface area (Å²) < 4.78 is 26.0. The highest BCUT2D eigenvalue weighted by Gasteiger charge is 2.14. The molecule has 8 heteroatoms. The molecule has 1 heterocycles. The molecule has 146 valence electrons. The van der Waals surface area contributed by atoms with Gasteiger partial charge in [0, 0.05) is 6.42 Å². The van der Waals surface area contributed by atoms with E-state index in [1.165, 1.54) is 16.8 Å². The first-order chi connectivity index (χ1) is 13.6. The molecule has 0 atom stereocenters. The minimum Gasteiger partial charge on any atom is -0.497 e. The Labute approximate surface area is 162 Å². The smallest absolute Gasteiger partial charge is 0.220 e. The lowest BCUT2D eigenvalue weighted by Crippen LogP contribution is -2.23. The monoisotopic (exact) mass is 384 g/mol. The van der Waals surface area contributed by atoms with Gasteiger partial charge in [-0.3, -0.25) is 4.79 Å². The number of aromatic nitrogens is 3. The molecule has 0 spiro atoms. The normalized spacial score (nSPS) is 10.5. The number of ether oxygens (including phenoxy) is 2. The number of rotatable bonds is 8. The lowest BCUT2D eigenvalue weighted by molar-refractivity contribution is -0.120. The van der Waals surface area contributed by atoms with E-state index in [0.29, 0.717) is 29.5 Å². The van der Waals surface area contributed by atoms with E-state index < -0.39 is 0 Å². The summed E-state index contributed by atoms with van der Waals surface area (Å²) in [6.45, 7) is 2.07. The molecule has 0 saturated carbocycles. The van der Waals surface area contributed by atoms with Gasteiger partial charge in [0.2, 0.25) is 5.91 Å². The summed E-state index contributed by atoms with van der Waals surface area (Å²) in [5.41, 5.74) is 0.518. The summed E-state index contributed by atoms with van der Waals surface area (Å²) in [5, 5.41) is 7.17. The van der Waals surface area contributed by atoms with Gasteiger partial charge in [-0.1, -0.05) is 13.0 Å². The molecule has 0 radical (unpaired) electrons. The molecule has 3 rings (SSSR count). The van der Waals surface area contributed by atoms with Crippen LogP contribution in [0.5, 0.6) is 11.5 Å². The molecule has 2 aromatic carbocycles. The van der Waals surface area contributed by atoms with Crippen molar-refractivity contribution in [3.8, 4) is 17.2 Å². The number of carbonyl (C=O) groups is 1. The fourth-order valence-corrected chi connectivity index (χ4v) is 2.50. The summed E-state index contributed by atoms with van der Waals surface area (Å²) in [6, 6.07) is 13.2. The van der Waals surface area contributed by atoms with E-state index in [4.69, 9.17) is 9.47 Å². The Balaban J connectivity index is 1.79. The first-order valence-corrected chi connectivity index (χ1v) is 8.83. The number of benzene rings is 2. The van der Waals surface area contributed by atoms with Crippen molar-refractivity contribution in [2.45, 2.75) is 26.5 Å². The Morgan fingerprint density at radius 3 is 2.61 bits per heavy atom. The quantitative estimate of drug-likeness (QED) is 0.646. The molecule has 0 saturated heterocycles. The van der Waals surface area contributed by atoms with Crippen LogP contribution in [0, 0.1) is 5.82 Å². The van der Waals surface area contributed by atoms with Crippen LogP contribution in [0.1, 0.15) is 25.0 Å². The van der Waals surface area contributed by atoms with Crippen molar-refractivity contribution in [3.05, 3.63) is 66.0 Å². The third-order valence-corrected chi connectivity index (χ3v) is 3.96.